The molecule has 1 saturated heterocycles. The second-order valence-corrected chi connectivity index (χ2v) is 7.89. The maximum atomic E-state index is 14.5. The van der Waals surface area contributed by atoms with Crippen molar-refractivity contribution in [3.05, 3.63) is 69.0 Å². The van der Waals surface area contributed by atoms with Crippen LogP contribution >= 0.6 is 11.6 Å². The number of rotatable bonds is 7. The third kappa shape index (κ3) is 5.48. The lowest BCUT2D eigenvalue weighted by Crippen LogP contribution is -2.42. The smallest absolute Gasteiger partial charge is 0.287 e. The van der Waals surface area contributed by atoms with Gasteiger partial charge in [0.25, 0.3) is 11.5 Å². The number of hydrogen-bond donors (Lipinski definition) is 3. The zero-order valence-electron chi connectivity index (χ0n) is 17.5. The molecule has 2 unspecified atom stereocenters. The summed E-state index contributed by atoms with van der Waals surface area (Å²) in [5.41, 5.74) is 5.73. The maximum Gasteiger partial charge on any atom is 0.287 e. The number of H-pyrrole nitrogens is 1. The highest BCUT2D eigenvalue weighted by Gasteiger charge is 2.24. The standard InChI is InChI=1S/C22H22ClFN4O5/c23-13-3-1-2-12(6-13)8-26-22(30)20-27-17-5-4-16(24)19(18(17)21(29)28-20)33-11-15-10-31-14(7-25)9-32-15/h1-6,14-15H,7-11,25H2,(H,26,30)(H,27,28,29). The molecular weight excluding hydrogens is 455 g/mol. The van der Waals surface area contributed by atoms with Gasteiger partial charge >= 0.3 is 0 Å². The van der Waals surface area contributed by atoms with Crippen molar-refractivity contribution in [3.63, 3.8) is 0 Å². The van der Waals surface area contributed by atoms with Gasteiger partial charge in [0.05, 0.1) is 24.8 Å². The van der Waals surface area contributed by atoms with E-state index in [1.165, 1.54) is 6.07 Å². The van der Waals surface area contributed by atoms with Crippen molar-refractivity contribution in [1.82, 2.24) is 15.3 Å². The molecule has 33 heavy (non-hydrogen) atoms. The topological polar surface area (TPSA) is 129 Å². The minimum atomic E-state index is -0.732. The number of aromatic amines is 1. The highest BCUT2D eigenvalue weighted by atomic mass is 35.5. The van der Waals surface area contributed by atoms with E-state index in [9.17, 15) is 14.0 Å². The van der Waals surface area contributed by atoms with Crippen LogP contribution < -0.4 is 21.3 Å². The Bertz CT molecular complexity index is 1210. The zero-order chi connectivity index (χ0) is 23.4. The van der Waals surface area contributed by atoms with Crippen LogP contribution in [0.5, 0.6) is 5.75 Å². The third-order valence-electron chi connectivity index (χ3n) is 5.05. The number of benzene rings is 2. The van der Waals surface area contributed by atoms with Gasteiger partial charge in [-0.3, -0.25) is 9.59 Å². The van der Waals surface area contributed by atoms with E-state index in [1.807, 2.05) is 0 Å². The Kier molecular flexibility index (Phi) is 7.19. The Hall–Kier alpha value is -3.05. The Morgan fingerprint density at radius 3 is 2.79 bits per heavy atom. The summed E-state index contributed by atoms with van der Waals surface area (Å²) >= 11 is 5.94. The van der Waals surface area contributed by atoms with Crippen molar-refractivity contribution in [2.24, 2.45) is 5.73 Å². The molecule has 0 saturated carbocycles. The van der Waals surface area contributed by atoms with Gasteiger partial charge in [-0.2, -0.15) is 0 Å². The fourth-order valence-electron chi connectivity index (χ4n) is 3.33. The summed E-state index contributed by atoms with van der Waals surface area (Å²) in [6.07, 6.45) is -0.628. The van der Waals surface area contributed by atoms with Crippen molar-refractivity contribution in [2.45, 2.75) is 18.8 Å². The molecule has 1 aromatic heterocycles. The van der Waals surface area contributed by atoms with Crippen LogP contribution in [0.15, 0.2) is 41.2 Å². The molecule has 2 aromatic carbocycles. The summed E-state index contributed by atoms with van der Waals surface area (Å²) in [7, 11) is 0. The Balaban J connectivity index is 1.50. The molecule has 9 nitrogen and oxygen atoms in total. The van der Waals surface area contributed by atoms with E-state index in [-0.39, 0.29) is 48.3 Å². The number of carbonyl (C=O) groups is 1. The average Bonchev–Trinajstić information content (AvgIpc) is 2.82. The predicted octanol–water partition coefficient (Wildman–Crippen LogP) is 1.77. The Labute approximate surface area is 193 Å². The van der Waals surface area contributed by atoms with Crippen LogP contribution in [0.3, 0.4) is 0 Å². The van der Waals surface area contributed by atoms with Crippen LogP contribution in [0.2, 0.25) is 5.02 Å². The maximum absolute atomic E-state index is 14.5. The lowest BCUT2D eigenvalue weighted by Gasteiger charge is -2.28. The van der Waals surface area contributed by atoms with Gasteiger partial charge in [0.2, 0.25) is 0 Å². The molecule has 4 N–H and O–H groups in total. The Morgan fingerprint density at radius 1 is 1.27 bits per heavy atom. The van der Waals surface area contributed by atoms with Gasteiger partial charge in [-0.1, -0.05) is 23.7 Å². The first-order chi connectivity index (χ1) is 15.9. The number of ether oxygens (including phenoxy) is 3. The number of fused-ring (bicyclic) bond motifs is 1. The lowest BCUT2D eigenvalue weighted by atomic mass is 10.2. The second-order valence-electron chi connectivity index (χ2n) is 7.46. The second kappa shape index (κ2) is 10.3. The van der Waals surface area contributed by atoms with Gasteiger partial charge in [-0.15, -0.1) is 0 Å². The highest BCUT2D eigenvalue weighted by molar-refractivity contribution is 6.30. The number of nitrogens with two attached hydrogens (primary N) is 1. The SMILES string of the molecule is NCC1COC(COc2c(F)ccc3nc(C(=O)NCc4cccc(Cl)c4)[nH]c(=O)c23)CO1. The molecule has 0 aliphatic carbocycles. The zero-order valence-corrected chi connectivity index (χ0v) is 18.2. The summed E-state index contributed by atoms with van der Waals surface area (Å²) < 4.78 is 31.2. The van der Waals surface area contributed by atoms with Gasteiger partial charge in [0, 0.05) is 18.1 Å². The van der Waals surface area contributed by atoms with Crippen LogP contribution in [-0.2, 0) is 16.0 Å². The van der Waals surface area contributed by atoms with E-state index in [1.54, 1.807) is 24.3 Å². The van der Waals surface area contributed by atoms with E-state index >= 15 is 0 Å². The molecule has 0 spiro atoms. The van der Waals surface area contributed by atoms with Crippen molar-refractivity contribution in [3.8, 4) is 5.75 Å². The van der Waals surface area contributed by atoms with Crippen LogP contribution in [0.4, 0.5) is 4.39 Å². The van der Waals surface area contributed by atoms with Gasteiger partial charge in [0.1, 0.15) is 18.1 Å². The molecule has 1 aliphatic rings. The van der Waals surface area contributed by atoms with Crippen molar-refractivity contribution in [2.75, 3.05) is 26.4 Å². The van der Waals surface area contributed by atoms with Gasteiger partial charge < -0.3 is 30.2 Å². The van der Waals surface area contributed by atoms with E-state index in [4.69, 9.17) is 31.5 Å². The molecule has 0 bridgehead atoms. The molecule has 174 valence electrons. The van der Waals surface area contributed by atoms with E-state index in [2.05, 4.69) is 15.3 Å². The summed E-state index contributed by atoms with van der Waals surface area (Å²) in [4.78, 5) is 31.8. The van der Waals surface area contributed by atoms with Crippen LogP contribution in [-0.4, -0.2) is 54.4 Å². The molecular formula is C22H22ClFN4O5. The molecule has 4 rings (SSSR count). The van der Waals surface area contributed by atoms with E-state index in [0.29, 0.717) is 18.2 Å². The first-order valence-corrected chi connectivity index (χ1v) is 10.6. The number of hydrogen-bond acceptors (Lipinski definition) is 7. The van der Waals surface area contributed by atoms with E-state index in [0.717, 1.165) is 11.6 Å². The van der Waals surface area contributed by atoms with Crippen molar-refractivity contribution >= 4 is 28.4 Å². The molecule has 1 amide bonds. The highest BCUT2D eigenvalue weighted by Crippen LogP contribution is 2.26. The van der Waals surface area contributed by atoms with Crippen molar-refractivity contribution in [1.29, 1.82) is 0 Å². The fourth-order valence-corrected chi connectivity index (χ4v) is 3.54. The Morgan fingerprint density at radius 2 is 2.06 bits per heavy atom. The summed E-state index contributed by atoms with van der Waals surface area (Å²) in [5.74, 6) is -1.80. The van der Waals surface area contributed by atoms with Gasteiger partial charge in [-0.25, -0.2) is 9.37 Å². The molecule has 11 heteroatoms. The largest absolute Gasteiger partial charge is 0.487 e. The molecule has 1 fully saturated rings. The first-order valence-electron chi connectivity index (χ1n) is 10.3. The molecule has 2 atom stereocenters. The minimum Gasteiger partial charge on any atom is -0.487 e. The minimum absolute atomic E-state index is 0.0331. The quantitative estimate of drug-likeness (QED) is 0.474. The third-order valence-corrected chi connectivity index (χ3v) is 5.28. The molecule has 1 aliphatic heterocycles. The number of aromatic nitrogens is 2. The summed E-state index contributed by atoms with van der Waals surface area (Å²) in [6.45, 7) is 1.03. The fraction of sp³-hybridized carbons (Fsp3) is 0.318. The number of nitrogens with one attached hydrogen (secondary N) is 2. The number of nitrogens with zero attached hydrogens (tertiary/aromatic N) is 1. The molecule has 3 aromatic rings. The average molecular weight is 477 g/mol. The summed E-state index contributed by atoms with van der Waals surface area (Å²) in [6, 6.07) is 9.43. The van der Waals surface area contributed by atoms with Crippen LogP contribution in [0.1, 0.15) is 16.2 Å². The van der Waals surface area contributed by atoms with E-state index < -0.39 is 23.4 Å². The monoisotopic (exact) mass is 476 g/mol. The van der Waals surface area contributed by atoms with Crippen molar-refractivity contribution < 1.29 is 23.4 Å². The van der Waals surface area contributed by atoms with Gasteiger partial charge in [-0.05, 0) is 29.8 Å². The number of carbonyl (C=O) groups excluding carboxylic acids is 1. The number of amides is 1. The first kappa shape index (κ1) is 23.1. The van der Waals surface area contributed by atoms with Gasteiger partial charge in [0.15, 0.2) is 17.4 Å². The normalized spacial score (nSPS) is 18.3. The summed E-state index contributed by atoms with van der Waals surface area (Å²) in [5, 5.41) is 3.10. The van der Waals surface area contributed by atoms with Crippen LogP contribution in [0.25, 0.3) is 10.9 Å². The molecule has 0 radical (unpaired) electrons. The lowest BCUT2D eigenvalue weighted by molar-refractivity contribution is -0.138. The number of halogens is 2. The molecule has 2 heterocycles. The predicted molar refractivity (Wildman–Crippen MR) is 119 cm³/mol. The van der Waals surface area contributed by atoms with Crippen LogP contribution in [0, 0.1) is 5.82 Å².